The summed E-state index contributed by atoms with van der Waals surface area (Å²) < 4.78 is 0. The number of nitrogens with one attached hydrogen (secondary N) is 3. The fraction of sp³-hybridized carbons (Fsp3) is 0.0625. The van der Waals surface area contributed by atoms with E-state index < -0.39 is 0 Å². The van der Waals surface area contributed by atoms with E-state index in [4.69, 9.17) is 5.26 Å². The molecule has 3 rings (SSSR count). The van der Waals surface area contributed by atoms with Crippen molar-refractivity contribution in [1.82, 2.24) is 9.97 Å². The molecule has 2 aromatic carbocycles. The van der Waals surface area contributed by atoms with Crippen LogP contribution in [0.2, 0.25) is 0 Å². The molecule has 0 aliphatic rings. The van der Waals surface area contributed by atoms with Gasteiger partial charge in [0, 0.05) is 18.3 Å². The number of carbonyl (C=O) groups is 1. The van der Waals surface area contributed by atoms with Gasteiger partial charge < -0.3 is 15.6 Å². The number of hydrogen-bond donors (Lipinski definition) is 3. The van der Waals surface area contributed by atoms with Gasteiger partial charge in [0.05, 0.1) is 22.7 Å². The second-order valence-corrected chi connectivity index (χ2v) is 4.81. The van der Waals surface area contributed by atoms with Crippen molar-refractivity contribution in [2.75, 3.05) is 10.6 Å². The molecular weight excluding hydrogens is 278 g/mol. The molecule has 0 radical (unpaired) electrons. The first kappa shape index (κ1) is 13.6. The van der Waals surface area contributed by atoms with Crippen LogP contribution in [0.1, 0.15) is 12.5 Å². The Hall–Kier alpha value is -3.33. The molecule has 3 aromatic rings. The van der Waals surface area contributed by atoms with Crippen LogP contribution in [0.5, 0.6) is 0 Å². The van der Waals surface area contributed by atoms with Crippen molar-refractivity contribution in [2.24, 2.45) is 0 Å². The van der Waals surface area contributed by atoms with Gasteiger partial charge in [-0.15, -0.1) is 0 Å². The molecule has 0 saturated carbocycles. The van der Waals surface area contributed by atoms with Gasteiger partial charge in [-0.3, -0.25) is 4.79 Å². The van der Waals surface area contributed by atoms with Gasteiger partial charge in [-0.25, -0.2) is 4.98 Å². The first-order chi connectivity index (χ1) is 10.6. The van der Waals surface area contributed by atoms with E-state index >= 15 is 0 Å². The predicted molar refractivity (Wildman–Crippen MR) is 84.8 cm³/mol. The molecule has 3 N–H and O–H groups in total. The number of nitrogens with zero attached hydrogens (tertiary/aromatic N) is 2. The highest BCUT2D eigenvalue weighted by Gasteiger charge is 2.04. The quantitative estimate of drug-likeness (QED) is 0.691. The molecule has 6 nitrogen and oxygen atoms in total. The van der Waals surface area contributed by atoms with Gasteiger partial charge in [0.1, 0.15) is 0 Å². The van der Waals surface area contributed by atoms with Gasteiger partial charge in [-0.1, -0.05) is 0 Å². The number of aromatic nitrogens is 2. The van der Waals surface area contributed by atoms with Gasteiger partial charge in [-0.05, 0) is 42.5 Å². The van der Waals surface area contributed by atoms with E-state index in [1.165, 1.54) is 6.92 Å². The number of anilines is 3. The number of imidazole rings is 1. The van der Waals surface area contributed by atoms with Crippen molar-refractivity contribution in [2.45, 2.75) is 6.92 Å². The molecule has 0 saturated heterocycles. The molecule has 22 heavy (non-hydrogen) atoms. The zero-order valence-electron chi connectivity index (χ0n) is 11.8. The number of amides is 1. The van der Waals surface area contributed by atoms with Gasteiger partial charge in [0.15, 0.2) is 0 Å². The number of hydrogen-bond acceptors (Lipinski definition) is 4. The third-order valence-electron chi connectivity index (χ3n) is 3.08. The van der Waals surface area contributed by atoms with E-state index in [-0.39, 0.29) is 5.91 Å². The number of carbonyl (C=O) groups excluding carboxylic acids is 1. The second kappa shape index (κ2) is 5.58. The minimum Gasteiger partial charge on any atom is -0.326 e. The Morgan fingerprint density at radius 3 is 2.59 bits per heavy atom. The van der Waals surface area contributed by atoms with Crippen LogP contribution in [0, 0.1) is 11.3 Å². The number of fused-ring (bicyclic) bond motifs is 1. The Morgan fingerprint density at radius 1 is 1.18 bits per heavy atom. The van der Waals surface area contributed by atoms with Crippen molar-refractivity contribution in [3.8, 4) is 6.07 Å². The Labute approximate surface area is 126 Å². The van der Waals surface area contributed by atoms with Crippen LogP contribution in [-0.2, 0) is 4.79 Å². The maximum absolute atomic E-state index is 11.0. The van der Waals surface area contributed by atoms with Crippen LogP contribution in [0.4, 0.5) is 17.3 Å². The zero-order chi connectivity index (χ0) is 15.5. The third kappa shape index (κ3) is 2.88. The Morgan fingerprint density at radius 2 is 1.91 bits per heavy atom. The highest BCUT2D eigenvalue weighted by molar-refractivity contribution is 5.89. The highest BCUT2D eigenvalue weighted by Crippen LogP contribution is 2.20. The lowest BCUT2D eigenvalue weighted by Gasteiger charge is -2.05. The summed E-state index contributed by atoms with van der Waals surface area (Å²) in [4.78, 5) is 18.5. The van der Waals surface area contributed by atoms with Crippen molar-refractivity contribution in [1.29, 1.82) is 5.26 Å². The van der Waals surface area contributed by atoms with Crippen LogP contribution in [0.15, 0.2) is 42.5 Å². The maximum Gasteiger partial charge on any atom is 0.221 e. The average molecular weight is 291 g/mol. The van der Waals surface area contributed by atoms with Crippen LogP contribution >= 0.6 is 0 Å². The maximum atomic E-state index is 11.0. The lowest BCUT2D eigenvalue weighted by atomic mass is 10.2. The first-order valence-corrected chi connectivity index (χ1v) is 6.68. The summed E-state index contributed by atoms with van der Waals surface area (Å²) in [5, 5.41) is 14.8. The normalized spacial score (nSPS) is 10.2. The number of benzene rings is 2. The van der Waals surface area contributed by atoms with Gasteiger partial charge >= 0.3 is 0 Å². The van der Waals surface area contributed by atoms with E-state index in [9.17, 15) is 4.79 Å². The van der Waals surface area contributed by atoms with E-state index in [1.54, 1.807) is 30.3 Å². The zero-order valence-corrected chi connectivity index (χ0v) is 11.8. The lowest BCUT2D eigenvalue weighted by Crippen LogP contribution is -2.05. The second-order valence-electron chi connectivity index (χ2n) is 4.81. The molecule has 0 bridgehead atoms. The molecule has 1 aromatic heterocycles. The van der Waals surface area contributed by atoms with E-state index in [2.05, 4.69) is 26.7 Å². The van der Waals surface area contributed by atoms with Crippen LogP contribution < -0.4 is 10.6 Å². The van der Waals surface area contributed by atoms with Crippen molar-refractivity contribution in [3.63, 3.8) is 0 Å². The molecule has 0 atom stereocenters. The summed E-state index contributed by atoms with van der Waals surface area (Å²) in [6.45, 7) is 1.47. The molecule has 1 heterocycles. The molecule has 0 aliphatic heterocycles. The molecular formula is C16H13N5O. The van der Waals surface area contributed by atoms with Gasteiger partial charge in [-0.2, -0.15) is 5.26 Å². The SMILES string of the molecule is CC(=O)Nc1ccc(Nc2nc3ccc(C#N)cc3[nH]2)cc1. The predicted octanol–water partition coefficient (Wildman–Crippen LogP) is 3.14. The van der Waals surface area contributed by atoms with Gasteiger partial charge in [0.2, 0.25) is 11.9 Å². The summed E-state index contributed by atoms with van der Waals surface area (Å²) in [6.07, 6.45) is 0. The van der Waals surface area contributed by atoms with Crippen molar-refractivity contribution < 1.29 is 4.79 Å². The van der Waals surface area contributed by atoms with Crippen molar-refractivity contribution >= 4 is 34.3 Å². The summed E-state index contributed by atoms with van der Waals surface area (Å²) >= 11 is 0. The smallest absolute Gasteiger partial charge is 0.221 e. The minimum atomic E-state index is -0.105. The van der Waals surface area contributed by atoms with Crippen molar-refractivity contribution in [3.05, 3.63) is 48.0 Å². The Kier molecular flexibility index (Phi) is 3.46. The van der Waals surface area contributed by atoms with Crippen LogP contribution in [0.3, 0.4) is 0 Å². The molecule has 0 fully saturated rings. The fourth-order valence-corrected chi connectivity index (χ4v) is 2.12. The van der Waals surface area contributed by atoms with E-state index in [0.717, 1.165) is 22.4 Å². The monoisotopic (exact) mass is 291 g/mol. The summed E-state index contributed by atoms with van der Waals surface area (Å²) in [5.74, 6) is 0.489. The molecule has 1 amide bonds. The van der Waals surface area contributed by atoms with E-state index in [0.29, 0.717) is 11.5 Å². The lowest BCUT2D eigenvalue weighted by molar-refractivity contribution is -0.114. The topological polar surface area (TPSA) is 93.6 Å². The molecule has 0 spiro atoms. The first-order valence-electron chi connectivity index (χ1n) is 6.68. The third-order valence-corrected chi connectivity index (χ3v) is 3.08. The number of aromatic amines is 1. The summed E-state index contributed by atoms with van der Waals surface area (Å²) in [6, 6.07) is 14.7. The number of rotatable bonds is 3. The highest BCUT2D eigenvalue weighted by atomic mass is 16.1. The van der Waals surface area contributed by atoms with Crippen LogP contribution in [-0.4, -0.2) is 15.9 Å². The fourth-order valence-electron chi connectivity index (χ4n) is 2.12. The van der Waals surface area contributed by atoms with Crippen LogP contribution in [0.25, 0.3) is 11.0 Å². The molecule has 0 unspecified atom stereocenters. The summed E-state index contributed by atoms with van der Waals surface area (Å²) in [7, 11) is 0. The molecule has 0 aliphatic carbocycles. The van der Waals surface area contributed by atoms with E-state index in [1.807, 2.05) is 12.1 Å². The standard InChI is InChI=1S/C16H13N5O/c1-10(22)18-12-3-5-13(6-4-12)19-16-20-14-7-2-11(9-17)8-15(14)21-16/h2-8H,1H3,(H,18,22)(H2,19,20,21). The molecule has 108 valence electrons. The number of H-pyrrole nitrogens is 1. The molecule has 6 heteroatoms. The average Bonchev–Trinajstić information content (AvgIpc) is 2.89. The summed E-state index contributed by atoms with van der Waals surface area (Å²) in [5.41, 5.74) is 3.75. The Balaban J connectivity index is 1.80. The van der Waals surface area contributed by atoms with Gasteiger partial charge in [0.25, 0.3) is 0 Å². The minimum absolute atomic E-state index is 0.105. The Bertz CT molecular complexity index is 874. The number of nitriles is 1. The largest absolute Gasteiger partial charge is 0.326 e.